The van der Waals surface area contributed by atoms with Gasteiger partial charge in [0.05, 0.1) is 12.9 Å². The van der Waals surface area contributed by atoms with E-state index in [9.17, 15) is 14.0 Å². The minimum atomic E-state index is -1.27. The van der Waals surface area contributed by atoms with E-state index in [2.05, 4.69) is 5.32 Å². The standard InChI is InChI=1S/C17H13FN2O3S/c1-23-12-5-3-11(4-6-12)20-15(21)9-24-17(20)13-8-10(18)2-7-14(13)19-16(17)22/h2-8H,9H2,1H3,(H,19,22). The SMILES string of the molecule is COc1ccc(N2C(=O)CSC23C(=O)Nc2ccc(F)cc23)cc1. The number of benzene rings is 2. The molecule has 1 spiro atoms. The summed E-state index contributed by atoms with van der Waals surface area (Å²) in [6, 6.07) is 11.0. The van der Waals surface area contributed by atoms with Crippen molar-refractivity contribution in [2.24, 2.45) is 0 Å². The Morgan fingerprint density at radius 2 is 1.96 bits per heavy atom. The normalized spacial score (nSPS) is 22.0. The second kappa shape index (κ2) is 5.24. The zero-order valence-corrected chi connectivity index (χ0v) is 13.5. The summed E-state index contributed by atoms with van der Waals surface area (Å²) < 4.78 is 18.9. The Balaban J connectivity index is 1.88. The maximum atomic E-state index is 13.8. The third-order valence-electron chi connectivity index (χ3n) is 4.20. The Bertz CT molecular complexity index is 855. The lowest BCUT2D eigenvalue weighted by Gasteiger charge is -2.32. The van der Waals surface area contributed by atoms with E-state index in [0.717, 1.165) is 0 Å². The number of carbonyl (C=O) groups is 2. The number of hydrogen-bond acceptors (Lipinski definition) is 4. The first kappa shape index (κ1) is 15.0. The van der Waals surface area contributed by atoms with Crippen LogP contribution in [0, 0.1) is 5.82 Å². The van der Waals surface area contributed by atoms with Gasteiger partial charge in [-0.3, -0.25) is 14.5 Å². The van der Waals surface area contributed by atoms with Gasteiger partial charge >= 0.3 is 0 Å². The van der Waals surface area contributed by atoms with Crippen molar-refractivity contribution in [1.82, 2.24) is 0 Å². The van der Waals surface area contributed by atoms with Crippen molar-refractivity contribution in [3.63, 3.8) is 0 Å². The summed E-state index contributed by atoms with van der Waals surface area (Å²) in [5, 5.41) is 2.76. The first-order chi connectivity index (χ1) is 11.6. The number of anilines is 2. The highest BCUT2D eigenvalue weighted by atomic mass is 32.2. The lowest BCUT2D eigenvalue weighted by Crippen LogP contribution is -2.47. The van der Waals surface area contributed by atoms with E-state index < -0.39 is 10.7 Å². The lowest BCUT2D eigenvalue weighted by molar-refractivity contribution is -0.122. The molecule has 2 amide bonds. The second-order valence-electron chi connectivity index (χ2n) is 5.50. The van der Waals surface area contributed by atoms with Crippen LogP contribution in [0.25, 0.3) is 0 Å². The maximum Gasteiger partial charge on any atom is 0.266 e. The van der Waals surface area contributed by atoms with Crippen molar-refractivity contribution < 1.29 is 18.7 Å². The van der Waals surface area contributed by atoms with Crippen molar-refractivity contribution in [2.75, 3.05) is 23.1 Å². The van der Waals surface area contributed by atoms with Crippen molar-refractivity contribution in [1.29, 1.82) is 0 Å². The molecule has 2 heterocycles. The number of halogens is 1. The molecule has 5 nitrogen and oxygen atoms in total. The van der Waals surface area contributed by atoms with Gasteiger partial charge in [0.25, 0.3) is 5.91 Å². The van der Waals surface area contributed by atoms with Crippen molar-refractivity contribution in [2.45, 2.75) is 4.87 Å². The van der Waals surface area contributed by atoms with Crippen LogP contribution in [-0.2, 0) is 14.5 Å². The molecule has 0 radical (unpaired) electrons. The van der Waals surface area contributed by atoms with E-state index in [1.807, 2.05) is 0 Å². The third-order valence-corrected chi connectivity index (χ3v) is 5.60. The van der Waals surface area contributed by atoms with Crippen LogP contribution in [0.3, 0.4) is 0 Å². The zero-order valence-electron chi connectivity index (χ0n) is 12.7. The number of rotatable bonds is 2. The number of ether oxygens (including phenoxy) is 1. The molecule has 1 N–H and O–H groups in total. The molecular formula is C17H13FN2O3S. The van der Waals surface area contributed by atoms with Crippen molar-refractivity contribution in [3.8, 4) is 5.75 Å². The summed E-state index contributed by atoms with van der Waals surface area (Å²) in [7, 11) is 1.55. The van der Waals surface area contributed by atoms with Gasteiger partial charge in [0, 0.05) is 16.9 Å². The predicted molar refractivity (Wildman–Crippen MR) is 89.6 cm³/mol. The number of nitrogens with one attached hydrogen (secondary N) is 1. The van der Waals surface area contributed by atoms with Gasteiger partial charge in [-0.1, -0.05) is 0 Å². The molecule has 1 atom stereocenters. The molecule has 2 aromatic rings. The summed E-state index contributed by atoms with van der Waals surface area (Å²) in [6.45, 7) is 0. The Morgan fingerprint density at radius 3 is 2.67 bits per heavy atom. The number of hydrogen-bond donors (Lipinski definition) is 1. The van der Waals surface area contributed by atoms with Crippen molar-refractivity contribution >= 4 is 35.0 Å². The topological polar surface area (TPSA) is 58.6 Å². The van der Waals surface area contributed by atoms with Crippen LogP contribution in [0.15, 0.2) is 42.5 Å². The third kappa shape index (κ3) is 1.94. The lowest BCUT2D eigenvalue weighted by atomic mass is 10.0. The average molecular weight is 344 g/mol. The largest absolute Gasteiger partial charge is 0.497 e. The Labute approximate surface area is 141 Å². The molecule has 0 aromatic heterocycles. The van der Waals surface area contributed by atoms with Gasteiger partial charge in [0.1, 0.15) is 11.6 Å². The number of thioether (sulfide) groups is 1. The molecule has 2 aromatic carbocycles. The number of methoxy groups -OCH3 is 1. The van der Waals surface area contributed by atoms with Crippen LogP contribution in [0.2, 0.25) is 0 Å². The number of carbonyl (C=O) groups excluding carboxylic acids is 2. The molecule has 0 bridgehead atoms. The quantitative estimate of drug-likeness (QED) is 0.910. The molecule has 1 unspecified atom stereocenters. The first-order valence-corrected chi connectivity index (χ1v) is 8.27. The summed E-state index contributed by atoms with van der Waals surface area (Å²) in [5.41, 5.74) is 1.57. The first-order valence-electron chi connectivity index (χ1n) is 7.29. The van der Waals surface area contributed by atoms with Gasteiger partial charge in [0.2, 0.25) is 10.8 Å². The van der Waals surface area contributed by atoms with Gasteiger partial charge in [-0.05, 0) is 42.5 Å². The minimum Gasteiger partial charge on any atom is -0.497 e. The molecule has 24 heavy (non-hydrogen) atoms. The molecular weight excluding hydrogens is 331 g/mol. The fourth-order valence-electron chi connectivity index (χ4n) is 3.13. The fraction of sp³-hybridized carbons (Fsp3) is 0.176. The van der Waals surface area contributed by atoms with E-state index in [1.165, 1.54) is 34.9 Å². The smallest absolute Gasteiger partial charge is 0.266 e. The Hall–Kier alpha value is -2.54. The molecule has 122 valence electrons. The zero-order chi connectivity index (χ0) is 16.9. The highest BCUT2D eigenvalue weighted by Gasteiger charge is 2.58. The van der Waals surface area contributed by atoms with Crippen LogP contribution in [-0.4, -0.2) is 24.7 Å². The summed E-state index contributed by atoms with van der Waals surface area (Å²) >= 11 is 1.20. The summed E-state index contributed by atoms with van der Waals surface area (Å²) in [6.07, 6.45) is 0. The Kier molecular flexibility index (Phi) is 3.28. The second-order valence-corrected chi connectivity index (χ2v) is 6.67. The Morgan fingerprint density at radius 1 is 1.21 bits per heavy atom. The van der Waals surface area contributed by atoms with Gasteiger partial charge in [-0.2, -0.15) is 0 Å². The van der Waals surface area contributed by atoms with E-state index in [4.69, 9.17) is 4.74 Å². The van der Waals surface area contributed by atoms with Crippen LogP contribution < -0.4 is 15.0 Å². The van der Waals surface area contributed by atoms with E-state index in [1.54, 1.807) is 31.4 Å². The highest BCUT2D eigenvalue weighted by Crippen LogP contribution is 2.53. The number of nitrogens with zero attached hydrogens (tertiary/aromatic N) is 1. The fourth-order valence-corrected chi connectivity index (χ4v) is 4.43. The maximum absolute atomic E-state index is 13.8. The van der Waals surface area contributed by atoms with Crippen molar-refractivity contribution in [3.05, 3.63) is 53.8 Å². The van der Waals surface area contributed by atoms with E-state index >= 15 is 0 Å². The van der Waals surface area contributed by atoms with Gasteiger partial charge in [-0.25, -0.2) is 4.39 Å². The van der Waals surface area contributed by atoms with E-state index in [0.29, 0.717) is 22.7 Å². The average Bonchev–Trinajstić information content (AvgIpc) is 3.07. The molecule has 2 aliphatic heterocycles. The van der Waals surface area contributed by atoms with Gasteiger partial charge < -0.3 is 10.1 Å². The van der Waals surface area contributed by atoms with Crippen LogP contribution >= 0.6 is 11.8 Å². The highest BCUT2D eigenvalue weighted by molar-refractivity contribution is 8.02. The van der Waals surface area contributed by atoms with Crippen LogP contribution in [0.1, 0.15) is 5.56 Å². The summed E-state index contributed by atoms with van der Waals surface area (Å²) in [4.78, 5) is 25.4. The van der Waals surface area contributed by atoms with Crippen LogP contribution in [0.5, 0.6) is 5.75 Å². The van der Waals surface area contributed by atoms with Crippen LogP contribution in [0.4, 0.5) is 15.8 Å². The molecule has 2 aliphatic rings. The summed E-state index contributed by atoms with van der Waals surface area (Å²) in [5.74, 6) is -0.184. The molecule has 1 saturated heterocycles. The molecule has 1 fully saturated rings. The monoisotopic (exact) mass is 344 g/mol. The minimum absolute atomic E-state index is 0.148. The number of fused-ring (bicyclic) bond motifs is 2. The molecule has 4 rings (SSSR count). The number of amides is 2. The van der Waals surface area contributed by atoms with Gasteiger partial charge in [-0.15, -0.1) is 11.8 Å². The molecule has 0 saturated carbocycles. The molecule has 7 heteroatoms. The van der Waals surface area contributed by atoms with Gasteiger partial charge in [0.15, 0.2) is 0 Å². The predicted octanol–water partition coefficient (Wildman–Crippen LogP) is 2.72. The van der Waals surface area contributed by atoms with E-state index in [-0.39, 0.29) is 17.6 Å². The molecule has 0 aliphatic carbocycles.